The van der Waals surface area contributed by atoms with Crippen LogP contribution >= 0.6 is 0 Å². The zero-order valence-corrected chi connectivity index (χ0v) is 16.9. The number of aryl methyl sites for hydroxylation is 1. The maximum Gasteiger partial charge on any atom is 0.287 e. The van der Waals surface area contributed by atoms with Gasteiger partial charge in [-0.05, 0) is 45.3 Å². The maximum atomic E-state index is 12.8. The lowest BCUT2D eigenvalue weighted by molar-refractivity contribution is 0.0915. The summed E-state index contributed by atoms with van der Waals surface area (Å²) in [5, 5.41) is 3.87. The number of benzene rings is 2. The Morgan fingerprint density at radius 2 is 1.89 bits per heavy atom. The number of fused-ring (bicyclic) bond motifs is 1. The number of hydrogen-bond acceptors (Lipinski definition) is 5. The summed E-state index contributed by atoms with van der Waals surface area (Å²) in [5.41, 5.74) is 2.48. The van der Waals surface area contributed by atoms with Gasteiger partial charge in [0.15, 0.2) is 5.76 Å². The van der Waals surface area contributed by atoms with Crippen LogP contribution in [0.4, 0.5) is 0 Å². The number of amides is 1. The van der Waals surface area contributed by atoms with Crippen LogP contribution in [0.3, 0.4) is 0 Å². The molecule has 1 aromatic heterocycles. The molecule has 0 spiro atoms. The van der Waals surface area contributed by atoms with Crippen LogP contribution in [-0.2, 0) is 0 Å². The highest BCUT2D eigenvalue weighted by Crippen LogP contribution is 2.30. The van der Waals surface area contributed by atoms with Gasteiger partial charge in [-0.15, -0.1) is 0 Å². The zero-order valence-electron chi connectivity index (χ0n) is 16.9. The lowest BCUT2D eigenvalue weighted by atomic mass is 10.0. The first-order valence-corrected chi connectivity index (χ1v) is 9.11. The highest BCUT2D eigenvalue weighted by molar-refractivity contribution is 5.99. The SMILES string of the molecule is COc1ccc2oc(C(=O)NCC(c3ccccc3OC)N(C)C)c(C)c2c1. The van der Waals surface area contributed by atoms with Gasteiger partial charge in [0.1, 0.15) is 17.1 Å². The Bertz CT molecular complexity index is 978. The smallest absolute Gasteiger partial charge is 0.287 e. The number of ether oxygens (including phenoxy) is 2. The highest BCUT2D eigenvalue weighted by atomic mass is 16.5. The number of methoxy groups -OCH3 is 2. The number of likely N-dealkylation sites (N-methyl/N-ethyl adjacent to an activating group) is 1. The minimum atomic E-state index is -0.241. The predicted molar refractivity (Wildman–Crippen MR) is 109 cm³/mol. The number of furan rings is 1. The number of carbonyl (C=O) groups is 1. The molecule has 1 amide bonds. The Morgan fingerprint density at radius 3 is 2.57 bits per heavy atom. The molecule has 1 unspecified atom stereocenters. The fourth-order valence-corrected chi connectivity index (χ4v) is 3.33. The van der Waals surface area contributed by atoms with Crippen molar-refractivity contribution in [2.45, 2.75) is 13.0 Å². The van der Waals surface area contributed by atoms with Crippen LogP contribution in [0, 0.1) is 6.92 Å². The second-order valence-electron chi connectivity index (χ2n) is 6.85. The average Bonchev–Trinajstić information content (AvgIpc) is 3.04. The molecular weight excluding hydrogens is 356 g/mol. The van der Waals surface area contributed by atoms with Crippen LogP contribution in [0.25, 0.3) is 11.0 Å². The van der Waals surface area contributed by atoms with Crippen molar-refractivity contribution in [3.8, 4) is 11.5 Å². The first-order chi connectivity index (χ1) is 13.5. The summed E-state index contributed by atoms with van der Waals surface area (Å²) >= 11 is 0. The zero-order chi connectivity index (χ0) is 20.3. The predicted octanol–water partition coefficient (Wildman–Crippen LogP) is 3.79. The van der Waals surface area contributed by atoms with Gasteiger partial charge in [-0.25, -0.2) is 0 Å². The number of nitrogens with one attached hydrogen (secondary N) is 1. The number of nitrogens with zero attached hydrogens (tertiary/aromatic N) is 1. The van der Waals surface area contributed by atoms with Crippen LogP contribution in [0.5, 0.6) is 11.5 Å². The molecule has 0 aliphatic rings. The van der Waals surface area contributed by atoms with E-state index in [9.17, 15) is 4.79 Å². The van der Waals surface area contributed by atoms with Crippen LogP contribution in [0.1, 0.15) is 27.7 Å². The maximum absolute atomic E-state index is 12.8. The van der Waals surface area contributed by atoms with E-state index in [4.69, 9.17) is 13.9 Å². The van der Waals surface area contributed by atoms with Crippen molar-refractivity contribution in [2.24, 2.45) is 0 Å². The molecule has 0 saturated carbocycles. The van der Waals surface area contributed by atoms with E-state index in [1.807, 2.05) is 63.5 Å². The van der Waals surface area contributed by atoms with Gasteiger partial charge in [0.25, 0.3) is 5.91 Å². The Morgan fingerprint density at radius 1 is 1.14 bits per heavy atom. The molecule has 1 heterocycles. The third-order valence-electron chi connectivity index (χ3n) is 4.93. The van der Waals surface area contributed by atoms with E-state index in [1.54, 1.807) is 14.2 Å². The third kappa shape index (κ3) is 3.82. The quantitative estimate of drug-likeness (QED) is 0.674. The summed E-state index contributed by atoms with van der Waals surface area (Å²) in [6, 6.07) is 13.3. The van der Waals surface area contributed by atoms with E-state index in [0.29, 0.717) is 17.9 Å². The lowest BCUT2D eigenvalue weighted by Crippen LogP contribution is -2.34. The molecule has 1 atom stereocenters. The van der Waals surface area contributed by atoms with Crippen LogP contribution < -0.4 is 14.8 Å². The van der Waals surface area contributed by atoms with Gasteiger partial charge < -0.3 is 24.1 Å². The van der Waals surface area contributed by atoms with Crippen molar-refractivity contribution >= 4 is 16.9 Å². The topological polar surface area (TPSA) is 63.9 Å². The molecule has 1 N–H and O–H groups in total. The molecule has 0 fully saturated rings. The molecule has 3 rings (SSSR count). The monoisotopic (exact) mass is 382 g/mol. The molecule has 148 valence electrons. The second-order valence-corrected chi connectivity index (χ2v) is 6.85. The van der Waals surface area contributed by atoms with Gasteiger partial charge in [-0.1, -0.05) is 18.2 Å². The number of carbonyl (C=O) groups excluding carboxylic acids is 1. The fourth-order valence-electron chi connectivity index (χ4n) is 3.33. The Balaban J connectivity index is 1.82. The van der Waals surface area contributed by atoms with Crippen molar-refractivity contribution in [1.82, 2.24) is 10.2 Å². The molecule has 2 aromatic carbocycles. The van der Waals surface area contributed by atoms with Gasteiger partial charge in [-0.2, -0.15) is 0 Å². The van der Waals surface area contributed by atoms with Crippen molar-refractivity contribution in [3.63, 3.8) is 0 Å². The molecule has 28 heavy (non-hydrogen) atoms. The summed E-state index contributed by atoms with van der Waals surface area (Å²) in [6.07, 6.45) is 0. The van der Waals surface area contributed by atoms with Crippen molar-refractivity contribution < 1.29 is 18.7 Å². The van der Waals surface area contributed by atoms with Gasteiger partial charge in [-0.3, -0.25) is 4.79 Å². The Hall–Kier alpha value is -2.99. The number of rotatable bonds is 7. The summed E-state index contributed by atoms with van der Waals surface area (Å²) in [5.74, 6) is 1.60. The first-order valence-electron chi connectivity index (χ1n) is 9.11. The third-order valence-corrected chi connectivity index (χ3v) is 4.93. The van der Waals surface area contributed by atoms with E-state index < -0.39 is 0 Å². The summed E-state index contributed by atoms with van der Waals surface area (Å²) < 4.78 is 16.5. The van der Waals surface area contributed by atoms with Crippen molar-refractivity contribution in [1.29, 1.82) is 0 Å². The van der Waals surface area contributed by atoms with E-state index in [-0.39, 0.29) is 11.9 Å². The lowest BCUT2D eigenvalue weighted by Gasteiger charge is -2.26. The molecule has 6 nitrogen and oxygen atoms in total. The Kier molecular flexibility index (Phi) is 5.90. The number of para-hydroxylation sites is 1. The molecule has 0 radical (unpaired) electrons. The second kappa shape index (κ2) is 8.35. The van der Waals surface area contributed by atoms with E-state index in [2.05, 4.69) is 10.2 Å². The number of hydrogen-bond donors (Lipinski definition) is 1. The van der Waals surface area contributed by atoms with Crippen molar-refractivity contribution in [3.05, 3.63) is 59.4 Å². The van der Waals surface area contributed by atoms with E-state index in [0.717, 1.165) is 28.0 Å². The molecular formula is C22H26N2O4. The molecule has 0 saturated heterocycles. The standard InChI is InChI=1S/C22H26N2O4/c1-14-17-12-15(26-4)10-11-20(17)28-21(14)22(25)23-13-18(24(2)3)16-8-6-7-9-19(16)27-5/h6-12,18H,13H2,1-5H3,(H,23,25). The summed E-state index contributed by atoms with van der Waals surface area (Å²) in [4.78, 5) is 14.9. The van der Waals surface area contributed by atoms with Crippen molar-refractivity contribution in [2.75, 3.05) is 34.9 Å². The van der Waals surface area contributed by atoms with E-state index >= 15 is 0 Å². The molecule has 3 aromatic rings. The summed E-state index contributed by atoms with van der Waals surface area (Å²) in [7, 11) is 7.21. The molecule has 6 heteroatoms. The normalized spacial score (nSPS) is 12.2. The summed E-state index contributed by atoms with van der Waals surface area (Å²) in [6.45, 7) is 2.30. The van der Waals surface area contributed by atoms with Crippen LogP contribution in [-0.4, -0.2) is 45.7 Å². The van der Waals surface area contributed by atoms with Crippen LogP contribution in [0.2, 0.25) is 0 Å². The molecule has 0 bridgehead atoms. The van der Waals surface area contributed by atoms with Gasteiger partial charge in [0, 0.05) is 23.1 Å². The first kappa shape index (κ1) is 19.8. The van der Waals surface area contributed by atoms with Gasteiger partial charge in [0.2, 0.25) is 0 Å². The largest absolute Gasteiger partial charge is 0.497 e. The van der Waals surface area contributed by atoms with Crippen LogP contribution in [0.15, 0.2) is 46.9 Å². The minimum Gasteiger partial charge on any atom is -0.497 e. The average molecular weight is 382 g/mol. The fraction of sp³-hybridized carbons (Fsp3) is 0.318. The molecule has 0 aliphatic heterocycles. The van der Waals surface area contributed by atoms with Gasteiger partial charge >= 0.3 is 0 Å². The minimum absolute atomic E-state index is 0.0371. The highest BCUT2D eigenvalue weighted by Gasteiger charge is 2.22. The molecule has 0 aliphatic carbocycles. The van der Waals surface area contributed by atoms with E-state index in [1.165, 1.54) is 0 Å². The Labute approximate surface area is 165 Å². The van der Waals surface area contributed by atoms with Gasteiger partial charge in [0.05, 0.1) is 20.3 Å².